The molecule has 0 spiro atoms. The van der Waals surface area contributed by atoms with Crippen LogP contribution in [0.4, 0.5) is 0 Å². The van der Waals surface area contributed by atoms with E-state index in [0.29, 0.717) is 6.54 Å². The molecular formula is C8H16N2O2. The summed E-state index contributed by atoms with van der Waals surface area (Å²) in [6.45, 7) is 7.88. The van der Waals surface area contributed by atoms with Crippen LogP contribution < -0.4 is 5.73 Å². The first kappa shape index (κ1) is 10.9. The highest BCUT2D eigenvalue weighted by molar-refractivity contribution is 6.34. The highest BCUT2D eigenvalue weighted by atomic mass is 16.2. The van der Waals surface area contributed by atoms with Crippen molar-refractivity contribution in [2.75, 3.05) is 6.54 Å². The highest BCUT2D eigenvalue weighted by Gasteiger charge is 2.27. The highest BCUT2D eigenvalue weighted by Crippen LogP contribution is 2.12. The fourth-order valence-corrected chi connectivity index (χ4v) is 1.06. The first-order valence-electron chi connectivity index (χ1n) is 3.92. The van der Waals surface area contributed by atoms with E-state index in [0.717, 1.165) is 0 Å². The average molecular weight is 172 g/mol. The summed E-state index contributed by atoms with van der Waals surface area (Å²) < 4.78 is 0. The Morgan fingerprint density at radius 2 is 1.75 bits per heavy atom. The summed E-state index contributed by atoms with van der Waals surface area (Å²) in [5.74, 6) is -1.52. The number of nitrogens with zero attached hydrogens (tertiary/aromatic N) is 1. The van der Waals surface area contributed by atoms with Gasteiger partial charge in [0.1, 0.15) is 0 Å². The second-order valence-corrected chi connectivity index (χ2v) is 3.58. The van der Waals surface area contributed by atoms with Gasteiger partial charge in [-0.25, -0.2) is 0 Å². The van der Waals surface area contributed by atoms with Crippen LogP contribution in [-0.2, 0) is 9.59 Å². The Morgan fingerprint density at radius 3 is 1.83 bits per heavy atom. The molecule has 70 valence electrons. The van der Waals surface area contributed by atoms with Crippen molar-refractivity contribution in [1.82, 2.24) is 4.90 Å². The molecule has 0 rings (SSSR count). The van der Waals surface area contributed by atoms with Crippen LogP contribution in [0.2, 0.25) is 0 Å². The maximum Gasteiger partial charge on any atom is 0.312 e. The molecule has 0 heterocycles. The van der Waals surface area contributed by atoms with Crippen molar-refractivity contribution in [2.24, 2.45) is 5.73 Å². The van der Waals surface area contributed by atoms with Crippen molar-refractivity contribution in [3.63, 3.8) is 0 Å². The monoisotopic (exact) mass is 172 g/mol. The van der Waals surface area contributed by atoms with Crippen molar-refractivity contribution in [3.8, 4) is 0 Å². The normalized spacial score (nSPS) is 11.0. The Labute approximate surface area is 72.7 Å². The zero-order valence-corrected chi connectivity index (χ0v) is 8.05. The van der Waals surface area contributed by atoms with Gasteiger partial charge < -0.3 is 10.6 Å². The van der Waals surface area contributed by atoms with Crippen LogP contribution >= 0.6 is 0 Å². The van der Waals surface area contributed by atoms with E-state index >= 15 is 0 Å². The molecule has 0 aliphatic carbocycles. The third-order valence-electron chi connectivity index (χ3n) is 1.58. The van der Waals surface area contributed by atoms with Crippen LogP contribution in [0, 0.1) is 0 Å². The second-order valence-electron chi connectivity index (χ2n) is 3.58. The van der Waals surface area contributed by atoms with Crippen molar-refractivity contribution >= 4 is 11.8 Å². The molecule has 0 aromatic carbocycles. The summed E-state index contributed by atoms with van der Waals surface area (Å²) in [7, 11) is 0. The minimum Gasteiger partial charge on any atom is -0.361 e. The summed E-state index contributed by atoms with van der Waals surface area (Å²) in [4.78, 5) is 23.2. The minimum absolute atomic E-state index is 0.346. The van der Waals surface area contributed by atoms with Crippen molar-refractivity contribution in [1.29, 1.82) is 0 Å². The number of hydrogen-bond donors (Lipinski definition) is 1. The van der Waals surface area contributed by atoms with Gasteiger partial charge in [-0.3, -0.25) is 9.59 Å². The molecule has 4 heteroatoms. The summed E-state index contributed by atoms with van der Waals surface area (Å²) >= 11 is 0. The van der Waals surface area contributed by atoms with Crippen LogP contribution in [0.1, 0.15) is 27.7 Å². The molecule has 0 atom stereocenters. The lowest BCUT2D eigenvalue weighted by molar-refractivity contribution is -0.147. The Kier molecular flexibility index (Phi) is 3.24. The summed E-state index contributed by atoms with van der Waals surface area (Å²) in [5, 5.41) is 0. The number of likely N-dealkylation sites (N-methyl/N-ethyl adjacent to an activating group) is 1. The summed E-state index contributed by atoms with van der Waals surface area (Å²) in [6, 6.07) is 0. The topological polar surface area (TPSA) is 63.4 Å². The molecule has 12 heavy (non-hydrogen) atoms. The number of amides is 2. The lowest BCUT2D eigenvalue weighted by Crippen LogP contribution is -2.50. The molecule has 2 amide bonds. The Bertz CT molecular complexity index is 194. The van der Waals surface area contributed by atoms with Crippen LogP contribution in [0.25, 0.3) is 0 Å². The fraction of sp³-hybridized carbons (Fsp3) is 0.750. The minimum atomic E-state index is -0.897. The molecule has 0 aromatic rings. The van der Waals surface area contributed by atoms with Crippen LogP contribution in [0.15, 0.2) is 0 Å². The Morgan fingerprint density at radius 1 is 1.33 bits per heavy atom. The number of carbonyl (C=O) groups excluding carboxylic acids is 2. The third kappa shape index (κ3) is 2.53. The number of nitrogens with two attached hydrogens (primary N) is 1. The second kappa shape index (κ2) is 3.56. The van der Waals surface area contributed by atoms with Crippen LogP contribution in [-0.4, -0.2) is 28.8 Å². The van der Waals surface area contributed by atoms with Gasteiger partial charge >= 0.3 is 11.8 Å². The first-order valence-corrected chi connectivity index (χ1v) is 3.92. The van der Waals surface area contributed by atoms with E-state index in [-0.39, 0.29) is 5.54 Å². The molecule has 0 aliphatic rings. The first-order chi connectivity index (χ1) is 5.30. The SMILES string of the molecule is CCN(C(=O)C(N)=O)C(C)(C)C. The Hall–Kier alpha value is -1.06. The molecule has 0 radical (unpaired) electrons. The smallest absolute Gasteiger partial charge is 0.312 e. The van der Waals surface area contributed by atoms with Gasteiger partial charge in [-0.1, -0.05) is 0 Å². The lowest BCUT2D eigenvalue weighted by Gasteiger charge is -2.33. The number of primary amides is 1. The van der Waals surface area contributed by atoms with E-state index < -0.39 is 11.8 Å². The van der Waals surface area contributed by atoms with E-state index in [2.05, 4.69) is 0 Å². The number of rotatable bonds is 1. The molecule has 2 N–H and O–H groups in total. The number of hydrogen-bond acceptors (Lipinski definition) is 2. The lowest BCUT2D eigenvalue weighted by atomic mass is 10.1. The van der Waals surface area contributed by atoms with Gasteiger partial charge in [-0.05, 0) is 27.7 Å². The van der Waals surface area contributed by atoms with Gasteiger partial charge in [0.15, 0.2) is 0 Å². The zero-order chi connectivity index (χ0) is 9.94. The standard InChI is InChI=1S/C8H16N2O2/c1-5-10(8(2,3)4)7(12)6(9)11/h5H2,1-4H3,(H2,9,11). The molecule has 0 saturated heterocycles. The Balaban J connectivity index is 4.58. The van der Waals surface area contributed by atoms with Gasteiger partial charge in [0.25, 0.3) is 0 Å². The predicted octanol–water partition coefficient (Wildman–Crippen LogP) is 0.119. The van der Waals surface area contributed by atoms with E-state index in [1.54, 1.807) is 0 Å². The van der Waals surface area contributed by atoms with Crippen LogP contribution in [0.3, 0.4) is 0 Å². The molecular weight excluding hydrogens is 156 g/mol. The van der Waals surface area contributed by atoms with E-state index in [1.165, 1.54) is 4.90 Å². The molecule has 0 saturated carbocycles. The van der Waals surface area contributed by atoms with Crippen LogP contribution in [0.5, 0.6) is 0 Å². The molecule has 0 unspecified atom stereocenters. The molecule has 0 fully saturated rings. The van der Waals surface area contributed by atoms with Gasteiger partial charge in [0, 0.05) is 12.1 Å². The van der Waals surface area contributed by atoms with Gasteiger partial charge in [0.2, 0.25) is 0 Å². The third-order valence-corrected chi connectivity index (χ3v) is 1.58. The largest absolute Gasteiger partial charge is 0.361 e. The van der Waals surface area contributed by atoms with Gasteiger partial charge in [-0.15, -0.1) is 0 Å². The van der Waals surface area contributed by atoms with Gasteiger partial charge in [-0.2, -0.15) is 0 Å². The maximum absolute atomic E-state index is 11.2. The quantitative estimate of drug-likeness (QED) is 0.571. The molecule has 0 aliphatic heterocycles. The summed E-state index contributed by atoms with van der Waals surface area (Å²) in [6.07, 6.45) is 0. The van der Waals surface area contributed by atoms with E-state index in [9.17, 15) is 9.59 Å². The molecule has 0 aromatic heterocycles. The van der Waals surface area contributed by atoms with Crippen molar-refractivity contribution < 1.29 is 9.59 Å². The zero-order valence-electron chi connectivity index (χ0n) is 8.05. The maximum atomic E-state index is 11.2. The predicted molar refractivity (Wildman–Crippen MR) is 46.3 cm³/mol. The summed E-state index contributed by atoms with van der Waals surface area (Å²) in [5.41, 5.74) is 4.53. The fourth-order valence-electron chi connectivity index (χ4n) is 1.06. The molecule has 4 nitrogen and oxygen atoms in total. The van der Waals surface area contributed by atoms with E-state index in [1.807, 2.05) is 27.7 Å². The number of carbonyl (C=O) groups is 2. The molecule has 0 bridgehead atoms. The van der Waals surface area contributed by atoms with Crippen molar-refractivity contribution in [3.05, 3.63) is 0 Å². The van der Waals surface area contributed by atoms with E-state index in [4.69, 9.17) is 5.73 Å². The van der Waals surface area contributed by atoms with Gasteiger partial charge in [0.05, 0.1) is 0 Å². The van der Waals surface area contributed by atoms with Crippen molar-refractivity contribution in [2.45, 2.75) is 33.2 Å². The average Bonchev–Trinajstić information content (AvgIpc) is 1.85.